The molecule has 0 saturated heterocycles. The van der Waals surface area contributed by atoms with Crippen LogP contribution in [0, 0.1) is 21.7 Å². The SMILES string of the molecule is O=[N+]([O-])c1cccc(-c2ncn(CC(O)c3ccc(F)cc3F)n2)c1. The maximum absolute atomic E-state index is 13.7. The van der Waals surface area contributed by atoms with Crippen LogP contribution in [0.1, 0.15) is 11.7 Å². The van der Waals surface area contributed by atoms with E-state index in [9.17, 15) is 24.0 Å². The van der Waals surface area contributed by atoms with Crippen molar-refractivity contribution in [1.29, 1.82) is 0 Å². The van der Waals surface area contributed by atoms with Gasteiger partial charge in [-0.1, -0.05) is 18.2 Å². The molecule has 2 aromatic carbocycles. The van der Waals surface area contributed by atoms with E-state index in [1.165, 1.54) is 29.2 Å². The number of nitrogens with zero attached hydrogens (tertiary/aromatic N) is 4. The zero-order chi connectivity index (χ0) is 18.0. The number of non-ortho nitro benzene ring substituents is 1. The summed E-state index contributed by atoms with van der Waals surface area (Å²) in [6, 6.07) is 8.70. The smallest absolute Gasteiger partial charge is 0.270 e. The normalized spacial score (nSPS) is 12.1. The zero-order valence-electron chi connectivity index (χ0n) is 12.7. The highest BCUT2D eigenvalue weighted by atomic mass is 19.1. The van der Waals surface area contributed by atoms with E-state index in [2.05, 4.69) is 10.1 Å². The van der Waals surface area contributed by atoms with E-state index in [0.29, 0.717) is 11.6 Å². The summed E-state index contributed by atoms with van der Waals surface area (Å²) < 4.78 is 27.9. The lowest BCUT2D eigenvalue weighted by Gasteiger charge is -2.11. The van der Waals surface area contributed by atoms with Crippen LogP contribution in [0.15, 0.2) is 48.8 Å². The Bertz CT molecular complexity index is 929. The van der Waals surface area contributed by atoms with E-state index < -0.39 is 22.7 Å². The van der Waals surface area contributed by atoms with Gasteiger partial charge in [-0.05, 0) is 6.07 Å². The minimum absolute atomic E-state index is 0.0613. The van der Waals surface area contributed by atoms with Gasteiger partial charge in [0.2, 0.25) is 0 Å². The molecule has 25 heavy (non-hydrogen) atoms. The van der Waals surface area contributed by atoms with Crippen LogP contribution in [0.3, 0.4) is 0 Å². The quantitative estimate of drug-likeness (QED) is 0.566. The van der Waals surface area contributed by atoms with Crippen molar-refractivity contribution >= 4 is 5.69 Å². The number of hydrogen-bond donors (Lipinski definition) is 1. The molecule has 0 amide bonds. The van der Waals surface area contributed by atoms with Gasteiger partial charge < -0.3 is 5.11 Å². The first-order valence-corrected chi connectivity index (χ1v) is 7.21. The third kappa shape index (κ3) is 3.66. The highest BCUT2D eigenvalue weighted by molar-refractivity contribution is 5.58. The molecule has 0 saturated carbocycles. The summed E-state index contributed by atoms with van der Waals surface area (Å²) in [5.41, 5.74) is 0.284. The fourth-order valence-electron chi connectivity index (χ4n) is 2.32. The Hall–Kier alpha value is -3.20. The van der Waals surface area contributed by atoms with Crippen LogP contribution in [0.4, 0.5) is 14.5 Å². The Kier molecular flexibility index (Phi) is 4.48. The van der Waals surface area contributed by atoms with Crippen LogP contribution in [0.2, 0.25) is 0 Å². The lowest BCUT2D eigenvalue weighted by atomic mass is 10.1. The van der Waals surface area contributed by atoms with Crippen molar-refractivity contribution in [3.8, 4) is 11.4 Å². The van der Waals surface area contributed by atoms with Gasteiger partial charge in [0, 0.05) is 29.3 Å². The minimum atomic E-state index is -1.25. The molecule has 3 aromatic rings. The van der Waals surface area contributed by atoms with Gasteiger partial charge in [-0.3, -0.25) is 10.1 Å². The maximum atomic E-state index is 13.7. The third-order valence-electron chi connectivity index (χ3n) is 3.53. The second-order valence-corrected chi connectivity index (χ2v) is 5.28. The monoisotopic (exact) mass is 346 g/mol. The Morgan fingerprint density at radius 2 is 2.04 bits per heavy atom. The molecule has 0 fully saturated rings. The molecule has 128 valence electrons. The van der Waals surface area contributed by atoms with Crippen LogP contribution in [-0.4, -0.2) is 24.8 Å². The van der Waals surface area contributed by atoms with Gasteiger partial charge >= 0.3 is 0 Å². The summed E-state index contributed by atoms with van der Waals surface area (Å²) in [7, 11) is 0. The molecular weight excluding hydrogens is 334 g/mol. The van der Waals surface area contributed by atoms with Crippen molar-refractivity contribution in [2.45, 2.75) is 12.6 Å². The van der Waals surface area contributed by atoms with Crippen molar-refractivity contribution in [3.05, 3.63) is 76.1 Å². The highest BCUT2D eigenvalue weighted by Crippen LogP contribution is 2.22. The van der Waals surface area contributed by atoms with Crippen LogP contribution >= 0.6 is 0 Å². The predicted molar refractivity (Wildman–Crippen MR) is 83.4 cm³/mol. The van der Waals surface area contributed by atoms with Gasteiger partial charge in [0.25, 0.3) is 5.69 Å². The molecule has 0 aliphatic rings. The fraction of sp³-hybridized carbons (Fsp3) is 0.125. The lowest BCUT2D eigenvalue weighted by Crippen LogP contribution is -2.11. The molecule has 0 aliphatic heterocycles. The van der Waals surface area contributed by atoms with Gasteiger partial charge in [0.1, 0.15) is 24.1 Å². The molecule has 1 N–H and O–H groups in total. The van der Waals surface area contributed by atoms with Crippen LogP contribution in [-0.2, 0) is 6.54 Å². The largest absolute Gasteiger partial charge is 0.386 e. The number of rotatable bonds is 5. The van der Waals surface area contributed by atoms with Gasteiger partial charge in [-0.25, -0.2) is 18.4 Å². The molecule has 0 radical (unpaired) electrons. The lowest BCUT2D eigenvalue weighted by molar-refractivity contribution is -0.384. The summed E-state index contributed by atoms with van der Waals surface area (Å²) in [5.74, 6) is -1.36. The van der Waals surface area contributed by atoms with E-state index in [-0.39, 0.29) is 23.6 Å². The van der Waals surface area contributed by atoms with Gasteiger partial charge in [0.05, 0.1) is 11.5 Å². The van der Waals surface area contributed by atoms with Crippen LogP contribution in [0.25, 0.3) is 11.4 Å². The van der Waals surface area contributed by atoms with E-state index >= 15 is 0 Å². The third-order valence-corrected chi connectivity index (χ3v) is 3.53. The van der Waals surface area contributed by atoms with Crippen molar-refractivity contribution in [3.63, 3.8) is 0 Å². The maximum Gasteiger partial charge on any atom is 0.270 e. The second-order valence-electron chi connectivity index (χ2n) is 5.28. The average Bonchev–Trinajstić information content (AvgIpc) is 3.03. The van der Waals surface area contributed by atoms with Crippen molar-refractivity contribution in [1.82, 2.24) is 14.8 Å². The molecule has 1 unspecified atom stereocenters. The first-order valence-electron chi connectivity index (χ1n) is 7.21. The molecule has 1 aromatic heterocycles. The second kappa shape index (κ2) is 6.73. The number of nitro groups is 1. The van der Waals surface area contributed by atoms with Crippen molar-refractivity contribution in [2.75, 3.05) is 0 Å². The number of aliphatic hydroxyl groups excluding tert-OH is 1. The topological polar surface area (TPSA) is 94.1 Å². The molecule has 0 spiro atoms. The number of aromatic nitrogens is 3. The summed E-state index contributed by atoms with van der Waals surface area (Å²) >= 11 is 0. The highest BCUT2D eigenvalue weighted by Gasteiger charge is 2.16. The summed E-state index contributed by atoms with van der Waals surface area (Å²) in [4.78, 5) is 14.3. The van der Waals surface area contributed by atoms with E-state index in [1.54, 1.807) is 6.07 Å². The van der Waals surface area contributed by atoms with Crippen molar-refractivity contribution < 1.29 is 18.8 Å². The summed E-state index contributed by atoms with van der Waals surface area (Å²) in [5, 5.41) is 25.0. The van der Waals surface area contributed by atoms with Crippen molar-refractivity contribution in [2.24, 2.45) is 0 Å². The Morgan fingerprint density at radius 1 is 1.24 bits per heavy atom. The number of benzene rings is 2. The molecule has 9 heteroatoms. The minimum Gasteiger partial charge on any atom is -0.386 e. The van der Waals surface area contributed by atoms with E-state index in [1.807, 2.05) is 0 Å². The Morgan fingerprint density at radius 3 is 2.76 bits per heavy atom. The number of nitro benzene ring substituents is 1. The molecule has 1 atom stereocenters. The summed E-state index contributed by atoms with van der Waals surface area (Å²) in [6.45, 7) is -0.107. The molecule has 1 heterocycles. The first kappa shape index (κ1) is 16.7. The molecule has 7 nitrogen and oxygen atoms in total. The van der Waals surface area contributed by atoms with E-state index in [4.69, 9.17) is 0 Å². The standard InChI is InChI=1S/C16H12F2N4O3/c17-11-4-5-13(14(18)7-11)15(23)8-21-9-19-16(20-21)10-2-1-3-12(6-10)22(24)25/h1-7,9,15,23H,8H2. The Balaban J connectivity index is 1.79. The first-order chi connectivity index (χ1) is 11.9. The summed E-state index contributed by atoms with van der Waals surface area (Å²) in [6.07, 6.45) is 0.0685. The zero-order valence-corrected chi connectivity index (χ0v) is 12.7. The van der Waals surface area contributed by atoms with Gasteiger partial charge in [0.15, 0.2) is 5.82 Å². The average molecular weight is 346 g/mol. The molecule has 0 aliphatic carbocycles. The molecule has 0 bridgehead atoms. The van der Waals surface area contributed by atoms with Crippen LogP contribution in [0.5, 0.6) is 0 Å². The van der Waals surface area contributed by atoms with Gasteiger partial charge in [-0.2, -0.15) is 5.10 Å². The Labute approximate surface area is 140 Å². The van der Waals surface area contributed by atoms with Crippen LogP contribution < -0.4 is 0 Å². The number of hydrogen-bond acceptors (Lipinski definition) is 5. The number of halogens is 2. The predicted octanol–water partition coefficient (Wildman–Crippen LogP) is 2.87. The van der Waals surface area contributed by atoms with E-state index in [0.717, 1.165) is 12.1 Å². The van der Waals surface area contributed by atoms with Gasteiger partial charge in [-0.15, -0.1) is 0 Å². The number of aliphatic hydroxyl groups is 1. The molecule has 3 rings (SSSR count). The fourth-order valence-corrected chi connectivity index (χ4v) is 2.32. The molecular formula is C16H12F2N4O3.